The van der Waals surface area contributed by atoms with Crippen molar-refractivity contribution in [3.8, 4) is 0 Å². The number of hydrogen-bond acceptors (Lipinski definition) is 4. The molecule has 0 atom stereocenters. The highest BCUT2D eigenvalue weighted by Gasteiger charge is 2.10. The molecule has 0 bridgehead atoms. The van der Waals surface area contributed by atoms with Gasteiger partial charge in [0.25, 0.3) is 0 Å². The molecule has 2 rings (SSSR count). The van der Waals surface area contributed by atoms with Crippen molar-refractivity contribution >= 4 is 38.7 Å². The predicted molar refractivity (Wildman–Crippen MR) is 76.9 cm³/mol. The normalized spacial score (nSPS) is 11.3. The van der Waals surface area contributed by atoms with Gasteiger partial charge in [0.1, 0.15) is 5.82 Å². The van der Waals surface area contributed by atoms with Crippen LogP contribution in [0.3, 0.4) is 0 Å². The van der Waals surface area contributed by atoms with Gasteiger partial charge in [-0.15, -0.1) is 0 Å². The number of sulfonamides is 1. The van der Waals surface area contributed by atoms with Gasteiger partial charge in [-0.05, 0) is 36.4 Å². The average Bonchev–Trinajstić information content (AvgIpc) is 2.35. The minimum absolute atomic E-state index is 0.0327. The topological polar surface area (TPSA) is 98.2 Å². The zero-order valence-corrected chi connectivity index (χ0v) is 11.7. The van der Waals surface area contributed by atoms with Gasteiger partial charge in [0.05, 0.1) is 21.3 Å². The second-order valence-corrected chi connectivity index (χ2v) is 6.02. The lowest BCUT2D eigenvalue weighted by atomic mass is 10.2. The van der Waals surface area contributed by atoms with Gasteiger partial charge in [-0.3, -0.25) is 0 Å². The summed E-state index contributed by atoms with van der Waals surface area (Å²) in [4.78, 5) is -0.0855. The Hall–Kier alpha value is -1.83. The van der Waals surface area contributed by atoms with Crippen molar-refractivity contribution in [2.45, 2.75) is 4.90 Å². The number of hydrogen-bond donors (Lipinski definition) is 3. The Morgan fingerprint density at radius 3 is 2.40 bits per heavy atom. The number of rotatable bonds is 3. The standard InChI is InChI=1S/C12H11ClFN3O2S/c13-9-5-7(1-3-10(9)14)17-12-4-2-8(6-11(12)15)20(16,18)19/h1-6,17H,15H2,(H2,16,18,19). The molecule has 0 saturated heterocycles. The van der Waals surface area contributed by atoms with Crippen LogP contribution < -0.4 is 16.2 Å². The van der Waals surface area contributed by atoms with E-state index in [0.717, 1.165) is 0 Å². The zero-order valence-electron chi connectivity index (χ0n) is 10.1. The van der Waals surface area contributed by atoms with E-state index in [1.807, 2.05) is 0 Å². The van der Waals surface area contributed by atoms with Crippen LogP contribution in [0, 0.1) is 5.82 Å². The molecule has 0 aliphatic rings. The van der Waals surface area contributed by atoms with Crippen LogP contribution in [0.15, 0.2) is 41.3 Å². The van der Waals surface area contributed by atoms with E-state index in [1.54, 1.807) is 0 Å². The van der Waals surface area contributed by atoms with Crippen LogP contribution in [-0.2, 0) is 10.0 Å². The fraction of sp³-hybridized carbons (Fsp3) is 0. The van der Waals surface area contributed by atoms with Crippen LogP contribution in [-0.4, -0.2) is 8.42 Å². The molecule has 106 valence electrons. The monoisotopic (exact) mass is 315 g/mol. The number of anilines is 3. The zero-order chi connectivity index (χ0) is 14.9. The van der Waals surface area contributed by atoms with Crippen LogP contribution in [0.4, 0.5) is 21.5 Å². The highest BCUT2D eigenvalue weighted by Crippen LogP contribution is 2.27. The van der Waals surface area contributed by atoms with E-state index in [2.05, 4.69) is 5.32 Å². The molecule has 0 aromatic heterocycles. The van der Waals surface area contributed by atoms with Crippen molar-refractivity contribution in [3.63, 3.8) is 0 Å². The Kier molecular flexibility index (Phi) is 3.85. The average molecular weight is 316 g/mol. The molecule has 0 radical (unpaired) electrons. The summed E-state index contributed by atoms with van der Waals surface area (Å²) in [5.74, 6) is -0.533. The summed E-state index contributed by atoms with van der Waals surface area (Å²) < 4.78 is 35.4. The molecule has 8 heteroatoms. The van der Waals surface area contributed by atoms with E-state index in [0.29, 0.717) is 11.4 Å². The summed E-state index contributed by atoms with van der Waals surface area (Å²) >= 11 is 5.66. The van der Waals surface area contributed by atoms with Gasteiger partial charge in [-0.1, -0.05) is 11.6 Å². The molecule has 0 aliphatic carbocycles. The van der Waals surface area contributed by atoms with Crippen LogP contribution in [0.1, 0.15) is 0 Å². The molecule has 20 heavy (non-hydrogen) atoms. The van der Waals surface area contributed by atoms with Crippen molar-refractivity contribution in [2.24, 2.45) is 5.14 Å². The SMILES string of the molecule is Nc1cc(S(N)(=O)=O)ccc1Nc1ccc(F)c(Cl)c1. The number of nitrogens with two attached hydrogens (primary N) is 2. The lowest BCUT2D eigenvalue weighted by molar-refractivity contribution is 0.598. The number of halogens is 2. The third-order valence-corrected chi connectivity index (χ3v) is 3.75. The summed E-state index contributed by atoms with van der Waals surface area (Å²) in [6.45, 7) is 0. The van der Waals surface area contributed by atoms with Crippen LogP contribution in [0.25, 0.3) is 0 Å². The minimum Gasteiger partial charge on any atom is -0.397 e. The second kappa shape index (κ2) is 5.28. The first-order valence-corrected chi connectivity index (χ1v) is 7.34. The van der Waals surface area contributed by atoms with E-state index in [1.165, 1.54) is 36.4 Å². The molecule has 0 unspecified atom stereocenters. The fourth-order valence-corrected chi connectivity index (χ4v) is 2.29. The van der Waals surface area contributed by atoms with E-state index in [-0.39, 0.29) is 15.6 Å². The van der Waals surface area contributed by atoms with E-state index in [9.17, 15) is 12.8 Å². The third kappa shape index (κ3) is 3.19. The first-order chi connectivity index (χ1) is 9.27. The maximum atomic E-state index is 13.0. The molecule has 2 aromatic carbocycles. The summed E-state index contributed by atoms with van der Waals surface area (Å²) in [7, 11) is -3.81. The number of primary sulfonamides is 1. The van der Waals surface area contributed by atoms with Crippen LogP contribution in [0.5, 0.6) is 0 Å². The van der Waals surface area contributed by atoms with Crippen molar-refractivity contribution < 1.29 is 12.8 Å². The Balaban J connectivity index is 2.32. The highest BCUT2D eigenvalue weighted by molar-refractivity contribution is 7.89. The highest BCUT2D eigenvalue weighted by atomic mass is 35.5. The van der Waals surface area contributed by atoms with Gasteiger partial charge in [0.2, 0.25) is 10.0 Å². The number of nitrogens with one attached hydrogen (secondary N) is 1. The third-order valence-electron chi connectivity index (χ3n) is 2.55. The lowest BCUT2D eigenvalue weighted by Crippen LogP contribution is -2.12. The van der Waals surface area contributed by atoms with Gasteiger partial charge >= 0.3 is 0 Å². The smallest absolute Gasteiger partial charge is 0.238 e. The van der Waals surface area contributed by atoms with Gasteiger partial charge < -0.3 is 11.1 Å². The lowest BCUT2D eigenvalue weighted by Gasteiger charge is -2.11. The maximum Gasteiger partial charge on any atom is 0.238 e. The summed E-state index contributed by atoms with van der Waals surface area (Å²) in [6.07, 6.45) is 0. The van der Waals surface area contributed by atoms with Crippen molar-refractivity contribution in [1.82, 2.24) is 0 Å². The minimum atomic E-state index is -3.81. The molecule has 2 aromatic rings. The van der Waals surface area contributed by atoms with E-state index < -0.39 is 15.8 Å². The van der Waals surface area contributed by atoms with Gasteiger partial charge in [-0.2, -0.15) is 0 Å². The van der Waals surface area contributed by atoms with Crippen molar-refractivity contribution in [3.05, 3.63) is 47.2 Å². The molecule has 0 amide bonds. The number of benzene rings is 2. The maximum absolute atomic E-state index is 13.0. The molecular weight excluding hydrogens is 305 g/mol. The van der Waals surface area contributed by atoms with Gasteiger partial charge in [0, 0.05) is 5.69 Å². The van der Waals surface area contributed by atoms with Crippen LogP contribution in [0.2, 0.25) is 5.02 Å². The first-order valence-electron chi connectivity index (χ1n) is 5.42. The molecule has 5 nitrogen and oxygen atoms in total. The Morgan fingerprint density at radius 1 is 1.15 bits per heavy atom. The first kappa shape index (κ1) is 14.6. The Bertz CT molecular complexity index is 765. The van der Waals surface area contributed by atoms with E-state index >= 15 is 0 Å². The van der Waals surface area contributed by atoms with Crippen molar-refractivity contribution in [1.29, 1.82) is 0 Å². The molecule has 0 spiro atoms. The Labute approximate surface area is 120 Å². The molecule has 0 heterocycles. The summed E-state index contributed by atoms with van der Waals surface area (Å²) in [6, 6.07) is 8.10. The van der Waals surface area contributed by atoms with Gasteiger partial charge in [-0.25, -0.2) is 17.9 Å². The van der Waals surface area contributed by atoms with Crippen LogP contribution >= 0.6 is 11.6 Å². The van der Waals surface area contributed by atoms with Crippen molar-refractivity contribution in [2.75, 3.05) is 11.1 Å². The predicted octanol–water partition coefficient (Wildman–Crippen LogP) is 2.45. The molecule has 0 fully saturated rings. The van der Waals surface area contributed by atoms with Gasteiger partial charge in [0.15, 0.2) is 0 Å². The molecule has 5 N–H and O–H groups in total. The molecule has 0 aliphatic heterocycles. The Morgan fingerprint density at radius 2 is 1.85 bits per heavy atom. The van der Waals surface area contributed by atoms with E-state index in [4.69, 9.17) is 22.5 Å². The second-order valence-electron chi connectivity index (χ2n) is 4.05. The largest absolute Gasteiger partial charge is 0.397 e. The summed E-state index contributed by atoms with van der Waals surface area (Å²) in [5, 5.41) is 7.88. The fourth-order valence-electron chi connectivity index (χ4n) is 1.56. The number of nitrogen functional groups attached to an aromatic ring is 1. The summed E-state index contributed by atoms with van der Waals surface area (Å²) in [5.41, 5.74) is 6.91. The molecule has 0 saturated carbocycles. The quantitative estimate of drug-likeness (QED) is 0.758. The molecular formula is C12H11ClFN3O2S.